The molecule has 0 spiro atoms. The number of aromatic nitrogens is 3. The van der Waals surface area contributed by atoms with Gasteiger partial charge in [-0.2, -0.15) is 5.26 Å². The zero-order chi connectivity index (χ0) is 25.4. The van der Waals surface area contributed by atoms with Gasteiger partial charge in [-0.1, -0.05) is 18.2 Å². The average Bonchev–Trinajstić information content (AvgIpc) is 3.37. The molecule has 184 valence electrons. The van der Waals surface area contributed by atoms with Gasteiger partial charge in [0.2, 0.25) is 5.95 Å². The van der Waals surface area contributed by atoms with E-state index in [0.717, 1.165) is 37.4 Å². The number of imidazole rings is 1. The molecule has 4 aromatic rings. The third kappa shape index (κ3) is 4.21. The van der Waals surface area contributed by atoms with Crippen LogP contribution in [-0.2, 0) is 6.61 Å². The topological polar surface area (TPSA) is 80.7 Å². The number of piperidine rings is 1. The van der Waals surface area contributed by atoms with Crippen LogP contribution in [0.1, 0.15) is 29.5 Å². The lowest BCUT2D eigenvalue weighted by atomic mass is 9.96. The molecule has 0 amide bonds. The summed E-state index contributed by atoms with van der Waals surface area (Å²) in [6.45, 7) is 3.17. The van der Waals surface area contributed by atoms with Crippen LogP contribution in [-0.4, -0.2) is 57.6 Å². The number of nitriles is 1. The Hall–Kier alpha value is -3.80. The highest BCUT2D eigenvalue weighted by molar-refractivity contribution is 5.91. The number of anilines is 1. The maximum atomic E-state index is 15.0. The number of rotatable bonds is 5. The number of fused-ring (bicyclic) bond motifs is 1. The molecule has 0 aliphatic carbocycles. The van der Waals surface area contributed by atoms with E-state index in [1.807, 2.05) is 28.8 Å². The monoisotopic (exact) mass is 484 g/mol. The second-order valence-corrected chi connectivity index (χ2v) is 9.54. The number of aryl methyl sites for hydroxylation is 1. The molecule has 2 aromatic heterocycles. The molecule has 1 fully saturated rings. The molecule has 0 radical (unpaired) electrons. The van der Waals surface area contributed by atoms with Crippen LogP contribution in [0.3, 0.4) is 0 Å². The minimum absolute atomic E-state index is 0.284. The van der Waals surface area contributed by atoms with Gasteiger partial charge in [0.25, 0.3) is 0 Å². The fourth-order valence-corrected chi connectivity index (χ4v) is 5.07. The van der Waals surface area contributed by atoms with E-state index >= 15 is 0 Å². The van der Waals surface area contributed by atoms with Crippen LogP contribution in [0.25, 0.3) is 28.0 Å². The van der Waals surface area contributed by atoms with Gasteiger partial charge in [0.15, 0.2) is 0 Å². The van der Waals surface area contributed by atoms with Gasteiger partial charge >= 0.3 is 0 Å². The third-order valence-corrected chi connectivity index (χ3v) is 7.16. The van der Waals surface area contributed by atoms with Crippen molar-refractivity contribution < 1.29 is 9.50 Å². The number of hydrogen-bond acceptors (Lipinski definition) is 6. The fraction of sp³-hybridized carbons (Fsp3) is 0.321. The highest BCUT2D eigenvalue weighted by atomic mass is 19.1. The molecule has 0 unspecified atom stereocenters. The smallest absolute Gasteiger partial charge is 0.211 e. The van der Waals surface area contributed by atoms with Gasteiger partial charge in [0, 0.05) is 42.7 Å². The summed E-state index contributed by atoms with van der Waals surface area (Å²) in [5.74, 6) is 0.338. The molecule has 7 nitrogen and oxygen atoms in total. The van der Waals surface area contributed by atoms with Crippen molar-refractivity contribution in [3.63, 3.8) is 0 Å². The van der Waals surface area contributed by atoms with E-state index < -0.39 is 5.82 Å². The van der Waals surface area contributed by atoms with Crippen molar-refractivity contribution in [1.29, 1.82) is 5.26 Å². The minimum Gasteiger partial charge on any atom is -0.392 e. The van der Waals surface area contributed by atoms with E-state index in [0.29, 0.717) is 39.6 Å². The first-order valence-corrected chi connectivity index (χ1v) is 12.1. The van der Waals surface area contributed by atoms with Gasteiger partial charge in [-0.05, 0) is 63.2 Å². The number of aliphatic hydroxyl groups excluding tert-OH is 1. The van der Waals surface area contributed by atoms with Crippen molar-refractivity contribution in [3.05, 3.63) is 71.3 Å². The molecule has 0 saturated carbocycles. The SMILES string of the molecule is Cc1cc(-c2c(-c3ccc(C#N)cc3)nc(N3CCC(N(C)C)CC3)n3ccnc23)cc(F)c1CO. The fourth-order valence-electron chi connectivity index (χ4n) is 5.07. The Labute approximate surface area is 210 Å². The lowest BCUT2D eigenvalue weighted by molar-refractivity contribution is 0.249. The van der Waals surface area contributed by atoms with Crippen molar-refractivity contribution in [2.75, 3.05) is 32.1 Å². The predicted octanol–water partition coefficient (Wildman–Crippen LogP) is 4.41. The maximum absolute atomic E-state index is 15.0. The lowest BCUT2D eigenvalue weighted by Crippen LogP contribution is -2.43. The predicted molar refractivity (Wildman–Crippen MR) is 138 cm³/mol. The Morgan fingerprint density at radius 1 is 1.14 bits per heavy atom. The maximum Gasteiger partial charge on any atom is 0.211 e. The van der Waals surface area contributed by atoms with Gasteiger partial charge in [-0.25, -0.2) is 14.4 Å². The van der Waals surface area contributed by atoms with Crippen LogP contribution in [0.5, 0.6) is 0 Å². The van der Waals surface area contributed by atoms with Crippen molar-refractivity contribution in [3.8, 4) is 28.5 Å². The molecular formula is C28H29FN6O. The second-order valence-electron chi connectivity index (χ2n) is 9.54. The molecular weight excluding hydrogens is 455 g/mol. The average molecular weight is 485 g/mol. The molecule has 36 heavy (non-hydrogen) atoms. The van der Waals surface area contributed by atoms with Crippen molar-refractivity contribution >= 4 is 11.6 Å². The first kappa shape index (κ1) is 23.9. The first-order chi connectivity index (χ1) is 17.4. The van der Waals surface area contributed by atoms with E-state index in [1.54, 1.807) is 25.3 Å². The van der Waals surface area contributed by atoms with Gasteiger partial charge in [-0.3, -0.25) is 4.40 Å². The number of halogens is 1. The third-order valence-electron chi connectivity index (χ3n) is 7.16. The largest absolute Gasteiger partial charge is 0.392 e. The van der Waals surface area contributed by atoms with Gasteiger partial charge in [0.05, 0.1) is 29.5 Å². The van der Waals surface area contributed by atoms with E-state index in [1.165, 1.54) is 6.07 Å². The van der Waals surface area contributed by atoms with Crippen LogP contribution >= 0.6 is 0 Å². The van der Waals surface area contributed by atoms with Crippen LogP contribution in [0.15, 0.2) is 48.8 Å². The van der Waals surface area contributed by atoms with Gasteiger partial charge in [0.1, 0.15) is 11.5 Å². The summed E-state index contributed by atoms with van der Waals surface area (Å²) in [7, 11) is 4.24. The Morgan fingerprint density at radius 2 is 1.86 bits per heavy atom. The Kier molecular flexibility index (Phi) is 6.44. The summed E-state index contributed by atoms with van der Waals surface area (Å²) >= 11 is 0. The van der Waals surface area contributed by atoms with Crippen LogP contribution in [0.4, 0.5) is 10.3 Å². The molecule has 1 saturated heterocycles. The van der Waals surface area contributed by atoms with Crippen LogP contribution < -0.4 is 4.90 Å². The van der Waals surface area contributed by atoms with Gasteiger partial charge < -0.3 is 14.9 Å². The van der Waals surface area contributed by atoms with E-state index in [4.69, 9.17) is 4.98 Å². The highest BCUT2D eigenvalue weighted by Gasteiger charge is 2.26. The standard InChI is InChI=1S/C28H29FN6O/c1-18-14-21(15-24(29)23(18)17-36)25-26(20-6-4-19(16-30)5-7-20)32-28(35-13-10-31-27(25)35)34-11-8-22(9-12-34)33(2)3/h4-7,10,13-15,22,36H,8-9,11-12,17H2,1-3H3. The Balaban J connectivity index is 1.72. The van der Waals surface area contributed by atoms with E-state index in [2.05, 4.69) is 34.9 Å². The van der Waals surface area contributed by atoms with E-state index in [9.17, 15) is 14.8 Å². The molecule has 1 aliphatic heterocycles. The zero-order valence-electron chi connectivity index (χ0n) is 20.7. The summed E-state index contributed by atoms with van der Waals surface area (Å²) in [5.41, 5.74) is 5.05. The summed E-state index contributed by atoms with van der Waals surface area (Å²) in [4.78, 5) is 14.4. The summed E-state index contributed by atoms with van der Waals surface area (Å²) in [6, 6.07) is 13.3. The summed E-state index contributed by atoms with van der Waals surface area (Å²) in [5, 5.41) is 18.9. The second kappa shape index (κ2) is 9.69. The first-order valence-electron chi connectivity index (χ1n) is 12.1. The minimum atomic E-state index is -0.460. The van der Waals surface area contributed by atoms with Crippen LogP contribution in [0.2, 0.25) is 0 Å². The Bertz CT molecular complexity index is 1420. The zero-order valence-corrected chi connectivity index (χ0v) is 20.7. The molecule has 1 aliphatic rings. The normalized spacial score (nSPS) is 14.5. The van der Waals surface area contributed by atoms with Gasteiger partial charge in [-0.15, -0.1) is 0 Å². The number of hydrogen-bond donors (Lipinski definition) is 1. The summed E-state index contributed by atoms with van der Waals surface area (Å²) < 4.78 is 16.9. The van der Waals surface area contributed by atoms with Crippen molar-refractivity contribution in [1.82, 2.24) is 19.3 Å². The lowest BCUT2D eigenvalue weighted by Gasteiger charge is -2.36. The molecule has 1 N–H and O–H groups in total. The van der Waals surface area contributed by atoms with E-state index in [-0.39, 0.29) is 12.2 Å². The number of nitrogens with zero attached hydrogens (tertiary/aromatic N) is 6. The molecule has 8 heteroatoms. The molecule has 5 rings (SSSR count). The number of benzene rings is 2. The van der Waals surface area contributed by atoms with Crippen molar-refractivity contribution in [2.45, 2.75) is 32.4 Å². The van der Waals surface area contributed by atoms with Crippen LogP contribution in [0, 0.1) is 24.1 Å². The highest BCUT2D eigenvalue weighted by Crippen LogP contribution is 2.38. The molecule has 2 aromatic carbocycles. The Morgan fingerprint density at radius 3 is 2.47 bits per heavy atom. The molecule has 0 bridgehead atoms. The quantitative estimate of drug-likeness (QED) is 0.452. The number of aliphatic hydroxyl groups is 1. The molecule has 3 heterocycles. The van der Waals surface area contributed by atoms with Crippen molar-refractivity contribution in [2.24, 2.45) is 0 Å². The summed E-state index contributed by atoms with van der Waals surface area (Å²) in [6.07, 6.45) is 5.70. The molecule has 0 atom stereocenters.